The van der Waals surface area contributed by atoms with Crippen molar-refractivity contribution in [2.24, 2.45) is 0 Å². The van der Waals surface area contributed by atoms with Crippen LogP contribution in [0.5, 0.6) is 0 Å². The molecular formula is C9H11F3N4O3. The molecule has 106 valence electrons. The van der Waals surface area contributed by atoms with E-state index in [0.29, 0.717) is 0 Å². The van der Waals surface area contributed by atoms with Crippen LogP contribution in [0, 0.1) is 10.1 Å². The number of halogens is 3. The van der Waals surface area contributed by atoms with E-state index >= 15 is 0 Å². The molecule has 0 bridgehead atoms. The fraction of sp³-hybridized carbons (Fsp3) is 0.444. The van der Waals surface area contributed by atoms with Crippen molar-refractivity contribution in [3.8, 4) is 0 Å². The molecule has 0 aliphatic carbocycles. The lowest BCUT2D eigenvalue weighted by atomic mass is 10.3. The van der Waals surface area contributed by atoms with Crippen LogP contribution in [0.2, 0.25) is 0 Å². The van der Waals surface area contributed by atoms with Gasteiger partial charge in [-0.2, -0.15) is 13.2 Å². The average Bonchev–Trinajstić information content (AvgIpc) is 2.33. The first-order chi connectivity index (χ1) is 8.75. The summed E-state index contributed by atoms with van der Waals surface area (Å²) >= 11 is 0. The highest BCUT2D eigenvalue weighted by molar-refractivity contribution is 5.60. The number of pyridine rings is 1. The minimum Gasteiger partial charge on any atom is -0.382 e. The maximum atomic E-state index is 12.1. The Labute approximate surface area is 105 Å². The van der Waals surface area contributed by atoms with E-state index in [0.717, 1.165) is 6.07 Å². The number of nitrogens with zero attached hydrogens (tertiary/aromatic N) is 2. The highest BCUT2D eigenvalue weighted by Crippen LogP contribution is 2.25. The molecule has 1 unspecified atom stereocenters. The summed E-state index contributed by atoms with van der Waals surface area (Å²) in [6.45, 7) is -0.926. The van der Waals surface area contributed by atoms with E-state index in [-0.39, 0.29) is 11.6 Å². The SMILES string of the molecule is CNc1ccc([N+](=O)[O-])c(NCC(O)C(F)(F)F)n1. The van der Waals surface area contributed by atoms with Crippen LogP contribution < -0.4 is 10.6 Å². The number of aliphatic hydroxyl groups is 1. The molecule has 1 atom stereocenters. The summed E-state index contributed by atoms with van der Waals surface area (Å²) in [7, 11) is 1.50. The second-order valence-electron chi connectivity index (χ2n) is 3.51. The summed E-state index contributed by atoms with van der Waals surface area (Å²) in [6, 6.07) is 2.41. The molecule has 1 heterocycles. The van der Waals surface area contributed by atoms with Gasteiger partial charge in [0.1, 0.15) is 5.82 Å². The third-order valence-corrected chi connectivity index (χ3v) is 2.17. The molecule has 0 aliphatic rings. The number of aliphatic hydroxyl groups excluding tert-OH is 1. The zero-order chi connectivity index (χ0) is 14.6. The monoisotopic (exact) mass is 280 g/mol. The van der Waals surface area contributed by atoms with Crippen molar-refractivity contribution >= 4 is 17.3 Å². The Kier molecular flexibility index (Phi) is 4.48. The van der Waals surface area contributed by atoms with Crippen molar-refractivity contribution in [3.05, 3.63) is 22.2 Å². The normalized spacial score (nSPS) is 12.9. The molecule has 0 aromatic carbocycles. The van der Waals surface area contributed by atoms with Crippen molar-refractivity contribution in [3.63, 3.8) is 0 Å². The third kappa shape index (κ3) is 3.95. The predicted molar refractivity (Wildman–Crippen MR) is 61.0 cm³/mol. The highest BCUT2D eigenvalue weighted by atomic mass is 19.4. The Balaban J connectivity index is 2.89. The number of nitrogens with one attached hydrogen (secondary N) is 2. The summed E-state index contributed by atoms with van der Waals surface area (Å²) in [6.07, 6.45) is -7.44. The van der Waals surface area contributed by atoms with Crippen LogP contribution in [-0.4, -0.2) is 40.9 Å². The Morgan fingerprint density at radius 2 is 2.16 bits per heavy atom. The lowest BCUT2D eigenvalue weighted by molar-refractivity contribution is -0.384. The number of alkyl halides is 3. The summed E-state index contributed by atoms with van der Waals surface area (Å²) in [5.41, 5.74) is -0.478. The van der Waals surface area contributed by atoms with E-state index in [4.69, 9.17) is 5.11 Å². The molecule has 10 heteroatoms. The fourth-order valence-electron chi connectivity index (χ4n) is 1.18. The minimum atomic E-state index is -4.80. The molecule has 19 heavy (non-hydrogen) atoms. The molecule has 1 aromatic rings. The van der Waals surface area contributed by atoms with E-state index in [2.05, 4.69) is 15.6 Å². The molecule has 0 amide bonds. The number of rotatable bonds is 5. The second kappa shape index (κ2) is 5.69. The zero-order valence-electron chi connectivity index (χ0n) is 9.73. The molecule has 0 radical (unpaired) electrons. The summed E-state index contributed by atoms with van der Waals surface area (Å²) in [5, 5.41) is 24.2. The lowest BCUT2D eigenvalue weighted by Crippen LogP contribution is -2.35. The Morgan fingerprint density at radius 1 is 1.53 bits per heavy atom. The van der Waals surface area contributed by atoms with Gasteiger partial charge in [0.25, 0.3) is 0 Å². The van der Waals surface area contributed by atoms with Crippen molar-refractivity contribution in [2.75, 3.05) is 24.2 Å². The van der Waals surface area contributed by atoms with E-state index in [1.165, 1.54) is 13.1 Å². The van der Waals surface area contributed by atoms with Crippen LogP contribution in [0.4, 0.5) is 30.5 Å². The van der Waals surface area contributed by atoms with Gasteiger partial charge in [0.2, 0.25) is 5.82 Å². The van der Waals surface area contributed by atoms with Crippen LogP contribution in [-0.2, 0) is 0 Å². The number of hydrogen-bond acceptors (Lipinski definition) is 6. The number of aromatic nitrogens is 1. The first-order valence-corrected chi connectivity index (χ1v) is 5.07. The Bertz CT molecular complexity index is 467. The van der Waals surface area contributed by atoms with Crippen LogP contribution in [0.15, 0.2) is 12.1 Å². The van der Waals surface area contributed by atoms with E-state index in [1.807, 2.05) is 0 Å². The molecular weight excluding hydrogens is 269 g/mol. The summed E-state index contributed by atoms with van der Waals surface area (Å²) in [5.74, 6) is -0.102. The fourth-order valence-corrected chi connectivity index (χ4v) is 1.18. The molecule has 0 aliphatic heterocycles. The van der Waals surface area contributed by atoms with Gasteiger partial charge in [-0.3, -0.25) is 10.1 Å². The molecule has 1 aromatic heterocycles. The zero-order valence-corrected chi connectivity index (χ0v) is 9.73. The number of hydrogen-bond donors (Lipinski definition) is 3. The molecule has 7 nitrogen and oxygen atoms in total. The quantitative estimate of drug-likeness (QED) is 0.556. The molecule has 0 spiro atoms. The van der Waals surface area contributed by atoms with E-state index < -0.39 is 29.4 Å². The van der Waals surface area contributed by atoms with E-state index in [1.54, 1.807) is 0 Å². The van der Waals surface area contributed by atoms with Gasteiger partial charge in [-0.1, -0.05) is 0 Å². The lowest BCUT2D eigenvalue weighted by Gasteiger charge is -2.15. The van der Waals surface area contributed by atoms with Gasteiger partial charge < -0.3 is 15.7 Å². The predicted octanol–water partition coefficient (Wildman–Crippen LogP) is 1.37. The van der Waals surface area contributed by atoms with Crippen LogP contribution in [0.25, 0.3) is 0 Å². The molecule has 0 saturated carbocycles. The molecule has 1 rings (SSSR count). The first-order valence-electron chi connectivity index (χ1n) is 5.07. The third-order valence-electron chi connectivity index (χ3n) is 2.17. The average molecular weight is 280 g/mol. The van der Waals surface area contributed by atoms with Crippen molar-refractivity contribution in [1.82, 2.24) is 4.98 Å². The van der Waals surface area contributed by atoms with Crippen molar-refractivity contribution in [1.29, 1.82) is 0 Å². The van der Waals surface area contributed by atoms with Gasteiger partial charge in [-0.05, 0) is 6.07 Å². The largest absolute Gasteiger partial charge is 0.416 e. The number of anilines is 2. The summed E-state index contributed by atoms with van der Waals surface area (Å²) in [4.78, 5) is 13.6. The maximum absolute atomic E-state index is 12.1. The second-order valence-corrected chi connectivity index (χ2v) is 3.51. The molecule has 3 N–H and O–H groups in total. The topological polar surface area (TPSA) is 100 Å². The van der Waals surface area contributed by atoms with Crippen molar-refractivity contribution in [2.45, 2.75) is 12.3 Å². The van der Waals surface area contributed by atoms with Gasteiger partial charge in [0.05, 0.1) is 11.5 Å². The molecule has 0 saturated heterocycles. The van der Waals surface area contributed by atoms with Gasteiger partial charge in [0.15, 0.2) is 6.10 Å². The number of nitro groups is 1. The highest BCUT2D eigenvalue weighted by Gasteiger charge is 2.38. The van der Waals surface area contributed by atoms with Crippen LogP contribution in [0.1, 0.15) is 0 Å². The maximum Gasteiger partial charge on any atom is 0.416 e. The molecule has 0 fully saturated rings. The summed E-state index contributed by atoms with van der Waals surface area (Å²) < 4.78 is 36.3. The van der Waals surface area contributed by atoms with Gasteiger partial charge in [-0.25, -0.2) is 4.98 Å². The smallest absolute Gasteiger partial charge is 0.382 e. The van der Waals surface area contributed by atoms with Crippen LogP contribution >= 0.6 is 0 Å². The van der Waals surface area contributed by atoms with Crippen molar-refractivity contribution < 1.29 is 23.2 Å². The van der Waals surface area contributed by atoms with E-state index in [9.17, 15) is 23.3 Å². The van der Waals surface area contributed by atoms with Crippen LogP contribution in [0.3, 0.4) is 0 Å². The van der Waals surface area contributed by atoms with Gasteiger partial charge in [-0.15, -0.1) is 0 Å². The first kappa shape index (κ1) is 15.0. The Morgan fingerprint density at radius 3 is 2.63 bits per heavy atom. The minimum absolute atomic E-state index is 0.245. The standard InChI is InChI=1S/C9H11F3N4O3/c1-13-7-3-2-5(16(18)19)8(15-7)14-4-6(17)9(10,11)12/h2-3,6,17H,4H2,1H3,(H2,13,14,15). The van der Waals surface area contributed by atoms with Gasteiger partial charge >= 0.3 is 11.9 Å². The van der Waals surface area contributed by atoms with Gasteiger partial charge in [0, 0.05) is 13.1 Å². The Hall–Kier alpha value is -2.10.